The maximum Gasteiger partial charge on any atom is 0.169 e. The quantitative estimate of drug-likeness (QED) is 0.321. The molecule has 5 nitrogen and oxygen atoms in total. The van der Waals surface area contributed by atoms with E-state index in [4.69, 9.17) is 9.73 Å². The molecule has 2 heterocycles. The minimum atomic E-state index is 0.639. The predicted octanol–water partition coefficient (Wildman–Crippen LogP) is 5.16. The number of hydrogen-bond donors (Lipinski definition) is 0. The Kier molecular flexibility index (Phi) is 5.95. The summed E-state index contributed by atoms with van der Waals surface area (Å²) in [7, 11) is 0. The number of ether oxygens (including phenoxy) is 1. The summed E-state index contributed by atoms with van der Waals surface area (Å²) in [6.07, 6.45) is 4.25. The highest BCUT2D eigenvalue weighted by atomic mass is 16.5. The molecule has 0 amide bonds. The van der Waals surface area contributed by atoms with Crippen molar-refractivity contribution in [2.75, 3.05) is 24.6 Å². The molecule has 1 aromatic heterocycles. The fourth-order valence-corrected chi connectivity index (χ4v) is 3.43. The molecule has 1 aliphatic heterocycles. The molecule has 4 rings (SSSR count). The lowest BCUT2D eigenvalue weighted by Crippen LogP contribution is -2.21. The first-order valence-electron chi connectivity index (χ1n) is 9.94. The van der Waals surface area contributed by atoms with Crippen molar-refractivity contribution in [2.24, 2.45) is 9.98 Å². The summed E-state index contributed by atoms with van der Waals surface area (Å²) >= 11 is 0. The van der Waals surface area contributed by atoms with Gasteiger partial charge in [0.05, 0.1) is 18.0 Å². The largest absolute Gasteiger partial charge is 0.484 e. The molecule has 29 heavy (non-hydrogen) atoms. The van der Waals surface area contributed by atoms with Crippen LogP contribution < -0.4 is 4.90 Å². The van der Waals surface area contributed by atoms with Gasteiger partial charge in [-0.25, -0.2) is 9.98 Å². The number of anilines is 2. The first-order chi connectivity index (χ1) is 14.4. The Balaban J connectivity index is 1.73. The topological polar surface area (TPSA) is 50.1 Å². The average Bonchev–Trinajstić information content (AvgIpc) is 2.92. The van der Waals surface area contributed by atoms with Crippen LogP contribution in [0.5, 0.6) is 0 Å². The fraction of sp³-hybridized carbons (Fsp3) is 0.208. The zero-order valence-electron chi connectivity index (χ0n) is 16.5. The summed E-state index contributed by atoms with van der Waals surface area (Å²) in [5.74, 6) is 0.875. The summed E-state index contributed by atoms with van der Waals surface area (Å²) in [4.78, 5) is 16.3. The number of aromatic nitrogens is 1. The Hall–Kier alpha value is -3.47. The zero-order chi connectivity index (χ0) is 19.9. The third kappa shape index (κ3) is 4.19. The maximum absolute atomic E-state index is 5.19. The van der Waals surface area contributed by atoms with Gasteiger partial charge in [0, 0.05) is 30.4 Å². The van der Waals surface area contributed by atoms with Crippen LogP contribution in [0, 0.1) is 0 Å². The van der Waals surface area contributed by atoms with E-state index < -0.39 is 0 Å². The first kappa shape index (κ1) is 18.9. The molecule has 0 fully saturated rings. The van der Waals surface area contributed by atoms with Crippen LogP contribution in [-0.2, 0) is 4.74 Å². The van der Waals surface area contributed by atoms with E-state index in [0.29, 0.717) is 13.2 Å². The second-order valence-corrected chi connectivity index (χ2v) is 6.66. The SMILES string of the molecule is CCOC=NCCCN1c2ccccc2C(c2ccccc2)=Nc2cccnc21. The minimum Gasteiger partial charge on any atom is -0.484 e. The van der Waals surface area contributed by atoms with Crippen LogP contribution in [0.4, 0.5) is 17.2 Å². The number of pyridine rings is 1. The highest BCUT2D eigenvalue weighted by Crippen LogP contribution is 2.38. The lowest BCUT2D eigenvalue weighted by molar-refractivity contribution is 0.342. The van der Waals surface area contributed by atoms with Crippen LogP contribution in [0.3, 0.4) is 0 Å². The van der Waals surface area contributed by atoms with Crippen molar-refractivity contribution in [3.63, 3.8) is 0 Å². The minimum absolute atomic E-state index is 0.639. The molecule has 3 aromatic rings. The van der Waals surface area contributed by atoms with Gasteiger partial charge in [0.2, 0.25) is 0 Å². The standard InChI is InChI=1S/C24H24N4O/c1-2-29-18-25-15-9-17-28-22-14-7-6-12-20(22)23(19-10-4-3-5-11-19)27-21-13-8-16-26-24(21)28/h3-8,10-14,16,18H,2,9,15,17H2,1H3. The molecule has 0 atom stereocenters. The van der Waals surface area contributed by atoms with Gasteiger partial charge in [-0.15, -0.1) is 0 Å². The molecule has 0 saturated heterocycles. The van der Waals surface area contributed by atoms with Crippen LogP contribution >= 0.6 is 0 Å². The maximum atomic E-state index is 5.19. The molecule has 146 valence electrons. The lowest BCUT2D eigenvalue weighted by Gasteiger charge is -2.25. The third-order valence-electron chi connectivity index (χ3n) is 4.74. The van der Waals surface area contributed by atoms with Gasteiger partial charge < -0.3 is 9.64 Å². The number of aliphatic imine (C=N–C) groups is 2. The average molecular weight is 384 g/mol. The van der Waals surface area contributed by atoms with Crippen molar-refractivity contribution in [1.82, 2.24) is 4.98 Å². The van der Waals surface area contributed by atoms with Crippen molar-refractivity contribution < 1.29 is 4.74 Å². The van der Waals surface area contributed by atoms with Crippen molar-refractivity contribution in [1.29, 1.82) is 0 Å². The molecule has 0 saturated carbocycles. The highest BCUT2D eigenvalue weighted by molar-refractivity contribution is 6.18. The van der Waals surface area contributed by atoms with Crippen molar-refractivity contribution in [3.8, 4) is 0 Å². The van der Waals surface area contributed by atoms with Gasteiger partial charge in [-0.1, -0.05) is 48.5 Å². The second-order valence-electron chi connectivity index (χ2n) is 6.66. The number of fused-ring (bicyclic) bond motifs is 2. The van der Waals surface area contributed by atoms with Crippen molar-refractivity contribution >= 4 is 29.3 Å². The molecular formula is C24H24N4O. The Labute approximate surface area is 171 Å². The molecule has 0 spiro atoms. The van der Waals surface area contributed by atoms with E-state index in [0.717, 1.165) is 47.0 Å². The van der Waals surface area contributed by atoms with Crippen LogP contribution in [0.2, 0.25) is 0 Å². The van der Waals surface area contributed by atoms with Gasteiger partial charge in [0.25, 0.3) is 0 Å². The van der Waals surface area contributed by atoms with Crippen LogP contribution in [-0.4, -0.2) is 36.8 Å². The van der Waals surface area contributed by atoms with E-state index in [1.54, 1.807) is 6.40 Å². The first-order valence-corrected chi connectivity index (χ1v) is 9.94. The normalized spacial score (nSPS) is 12.9. The van der Waals surface area contributed by atoms with Gasteiger partial charge in [0.15, 0.2) is 12.2 Å². The van der Waals surface area contributed by atoms with Gasteiger partial charge in [-0.05, 0) is 31.5 Å². The van der Waals surface area contributed by atoms with Crippen molar-refractivity contribution in [2.45, 2.75) is 13.3 Å². The summed E-state index contributed by atoms with van der Waals surface area (Å²) in [6, 6.07) is 22.7. The van der Waals surface area contributed by atoms with Crippen molar-refractivity contribution in [3.05, 3.63) is 84.1 Å². The molecule has 0 radical (unpaired) electrons. The summed E-state index contributed by atoms with van der Waals surface area (Å²) in [6.45, 7) is 4.09. The Morgan fingerprint density at radius 2 is 1.83 bits per heavy atom. The second kappa shape index (κ2) is 9.15. The number of para-hydroxylation sites is 1. The Morgan fingerprint density at radius 1 is 1.00 bits per heavy atom. The van der Waals surface area contributed by atoms with E-state index in [9.17, 15) is 0 Å². The molecule has 0 aliphatic carbocycles. The van der Waals surface area contributed by atoms with Crippen LogP contribution in [0.15, 0.2) is 82.9 Å². The predicted molar refractivity (Wildman–Crippen MR) is 119 cm³/mol. The smallest absolute Gasteiger partial charge is 0.169 e. The van der Waals surface area contributed by atoms with E-state index in [2.05, 4.69) is 51.3 Å². The number of rotatable bonds is 7. The van der Waals surface area contributed by atoms with E-state index in [1.165, 1.54) is 0 Å². The number of benzene rings is 2. The molecule has 0 unspecified atom stereocenters. The molecule has 1 aliphatic rings. The van der Waals surface area contributed by atoms with E-state index >= 15 is 0 Å². The molecule has 0 N–H and O–H groups in total. The molecular weight excluding hydrogens is 360 g/mol. The van der Waals surface area contributed by atoms with Gasteiger partial charge in [-0.2, -0.15) is 0 Å². The summed E-state index contributed by atoms with van der Waals surface area (Å²) in [5.41, 5.74) is 5.15. The Morgan fingerprint density at radius 3 is 2.69 bits per heavy atom. The lowest BCUT2D eigenvalue weighted by atomic mass is 10.00. The molecule has 5 heteroatoms. The number of nitrogens with zero attached hydrogens (tertiary/aromatic N) is 4. The van der Waals surface area contributed by atoms with Gasteiger partial charge >= 0.3 is 0 Å². The molecule has 2 aromatic carbocycles. The van der Waals surface area contributed by atoms with E-state index in [-0.39, 0.29) is 0 Å². The van der Waals surface area contributed by atoms with Crippen LogP contribution in [0.1, 0.15) is 24.5 Å². The van der Waals surface area contributed by atoms with Gasteiger partial charge in [-0.3, -0.25) is 4.99 Å². The third-order valence-corrected chi connectivity index (χ3v) is 4.74. The van der Waals surface area contributed by atoms with Gasteiger partial charge in [0.1, 0.15) is 5.69 Å². The monoisotopic (exact) mass is 384 g/mol. The highest BCUT2D eigenvalue weighted by Gasteiger charge is 2.24. The Bertz CT molecular complexity index is 1010. The zero-order valence-corrected chi connectivity index (χ0v) is 16.5. The fourth-order valence-electron chi connectivity index (χ4n) is 3.43. The van der Waals surface area contributed by atoms with E-state index in [1.807, 2.05) is 43.5 Å². The molecule has 0 bridgehead atoms. The summed E-state index contributed by atoms with van der Waals surface area (Å²) < 4.78 is 5.19. The summed E-state index contributed by atoms with van der Waals surface area (Å²) in [5, 5.41) is 0. The van der Waals surface area contributed by atoms with Crippen LogP contribution in [0.25, 0.3) is 0 Å². The number of hydrogen-bond acceptors (Lipinski definition) is 5.